The van der Waals surface area contributed by atoms with Crippen molar-refractivity contribution < 1.29 is 19.1 Å². The highest BCUT2D eigenvalue weighted by Gasteiger charge is 2.23. The number of nitrogens with one attached hydrogen (secondary N) is 2. The van der Waals surface area contributed by atoms with Crippen LogP contribution < -0.4 is 10.1 Å². The lowest BCUT2D eigenvalue weighted by molar-refractivity contribution is 0.103. The van der Waals surface area contributed by atoms with Gasteiger partial charge in [-0.2, -0.15) is 0 Å². The van der Waals surface area contributed by atoms with Crippen LogP contribution in [-0.4, -0.2) is 61.1 Å². The highest BCUT2D eigenvalue weighted by Crippen LogP contribution is 2.37. The number of carbonyl (C=O) groups is 2. The van der Waals surface area contributed by atoms with Crippen molar-refractivity contribution in [1.82, 2.24) is 14.9 Å². The van der Waals surface area contributed by atoms with E-state index < -0.39 is 6.09 Å². The molecule has 0 saturated heterocycles. The number of hydrogen-bond donors (Lipinski definition) is 2. The van der Waals surface area contributed by atoms with E-state index in [4.69, 9.17) is 9.47 Å². The van der Waals surface area contributed by atoms with Gasteiger partial charge in [0.15, 0.2) is 5.78 Å². The van der Waals surface area contributed by atoms with Crippen LogP contribution in [0, 0.1) is 0 Å². The topological polar surface area (TPSA) is 96.5 Å². The SMILES string of the molecule is COC(=O)Nc1ccc(-c2cnc3[nH]cc(-c4ccccc4OC)c3c2)cc1C(=O)C1=CCC(N(C)C)CCC1. The van der Waals surface area contributed by atoms with E-state index >= 15 is 0 Å². The first-order valence-electron chi connectivity index (χ1n) is 13.4. The molecule has 2 N–H and O–H groups in total. The standard InChI is InChI=1S/C32H34N4O4/c1-36(2)23-9-7-8-20(12-14-23)30(37)26-16-21(13-15-28(26)35-32(38)40-4)22-17-25-27(19-34-31(25)33-18-22)24-10-5-6-11-29(24)39-3/h5-6,10-13,15-19,23H,7-9,14H2,1-4H3,(H,33,34)(H,35,38). The zero-order valence-electron chi connectivity index (χ0n) is 23.3. The minimum Gasteiger partial charge on any atom is -0.496 e. The van der Waals surface area contributed by atoms with E-state index in [2.05, 4.69) is 46.4 Å². The maximum absolute atomic E-state index is 13.9. The second kappa shape index (κ2) is 11.8. The van der Waals surface area contributed by atoms with Crippen LogP contribution in [0.4, 0.5) is 10.5 Å². The van der Waals surface area contributed by atoms with Crippen LogP contribution in [0.25, 0.3) is 33.3 Å². The number of aromatic nitrogens is 2. The number of aromatic amines is 1. The van der Waals surface area contributed by atoms with Gasteiger partial charge < -0.3 is 19.4 Å². The normalized spacial score (nSPS) is 15.4. The van der Waals surface area contributed by atoms with Gasteiger partial charge in [0.05, 0.1) is 19.9 Å². The molecule has 0 fully saturated rings. The molecule has 8 heteroatoms. The summed E-state index contributed by atoms with van der Waals surface area (Å²) in [5.41, 5.74) is 5.97. The van der Waals surface area contributed by atoms with Crippen molar-refractivity contribution in [3.63, 3.8) is 0 Å². The number of Topliss-reactive ketones (excluding diaryl/α,β-unsaturated/α-hetero) is 1. The number of hydrogen-bond acceptors (Lipinski definition) is 6. The van der Waals surface area contributed by atoms with Crippen molar-refractivity contribution in [1.29, 1.82) is 0 Å². The number of fused-ring (bicyclic) bond motifs is 1. The zero-order valence-corrected chi connectivity index (χ0v) is 23.3. The van der Waals surface area contributed by atoms with Gasteiger partial charge in [-0.15, -0.1) is 0 Å². The minimum atomic E-state index is -0.624. The van der Waals surface area contributed by atoms with Crippen LogP contribution in [0.2, 0.25) is 0 Å². The molecule has 2 heterocycles. The lowest BCUT2D eigenvalue weighted by Crippen LogP contribution is -2.26. The quantitative estimate of drug-likeness (QED) is 0.254. The van der Waals surface area contributed by atoms with Gasteiger partial charge in [-0.3, -0.25) is 10.1 Å². The molecule has 206 valence electrons. The van der Waals surface area contributed by atoms with Crippen molar-refractivity contribution in [2.45, 2.75) is 31.7 Å². The molecule has 1 unspecified atom stereocenters. The molecule has 0 radical (unpaired) electrons. The van der Waals surface area contributed by atoms with Gasteiger partial charge in [-0.25, -0.2) is 9.78 Å². The molecule has 1 atom stereocenters. The molecule has 1 amide bonds. The predicted molar refractivity (Wildman–Crippen MR) is 158 cm³/mol. The fourth-order valence-corrected chi connectivity index (χ4v) is 5.31. The maximum atomic E-state index is 13.9. The molecular weight excluding hydrogens is 504 g/mol. The van der Waals surface area contributed by atoms with Gasteiger partial charge in [0.1, 0.15) is 11.4 Å². The highest BCUT2D eigenvalue weighted by atomic mass is 16.5. The van der Waals surface area contributed by atoms with Crippen LogP contribution in [0.15, 0.2) is 72.6 Å². The summed E-state index contributed by atoms with van der Waals surface area (Å²) in [5, 5.41) is 3.66. The minimum absolute atomic E-state index is 0.0851. The second-order valence-electron chi connectivity index (χ2n) is 10.2. The third kappa shape index (κ3) is 5.49. The fourth-order valence-electron chi connectivity index (χ4n) is 5.31. The largest absolute Gasteiger partial charge is 0.496 e. The number of pyridine rings is 1. The number of benzene rings is 2. The number of amides is 1. The van der Waals surface area contributed by atoms with Crippen LogP contribution >= 0.6 is 0 Å². The van der Waals surface area contributed by atoms with Gasteiger partial charge in [-0.1, -0.05) is 30.3 Å². The van der Waals surface area contributed by atoms with Gasteiger partial charge in [-0.05, 0) is 75.2 Å². The van der Waals surface area contributed by atoms with Crippen molar-refractivity contribution in [2.24, 2.45) is 0 Å². The Labute approximate surface area is 234 Å². The Morgan fingerprint density at radius 1 is 1.05 bits per heavy atom. The van der Waals surface area contributed by atoms with Crippen molar-refractivity contribution in [2.75, 3.05) is 33.6 Å². The number of ether oxygens (including phenoxy) is 2. The Balaban J connectivity index is 1.56. The number of nitrogens with zero attached hydrogens (tertiary/aromatic N) is 2. The predicted octanol–water partition coefficient (Wildman–Crippen LogP) is 6.70. The first-order valence-corrected chi connectivity index (χ1v) is 13.4. The Kier molecular flexibility index (Phi) is 7.98. The molecule has 0 saturated carbocycles. The number of para-hydroxylation sites is 1. The lowest BCUT2D eigenvalue weighted by atomic mass is 9.94. The highest BCUT2D eigenvalue weighted by molar-refractivity contribution is 6.14. The summed E-state index contributed by atoms with van der Waals surface area (Å²) >= 11 is 0. The molecule has 8 nitrogen and oxygen atoms in total. The number of rotatable bonds is 7. The average Bonchev–Trinajstić information content (AvgIpc) is 3.23. The van der Waals surface area contributed by atoms with Gasteiger partial charge in [0.2, 0.25) is 0 Å². The van der Waals surface area contributed by atoms with Gasteiger partial charge >= 0.3 is 6.09 Å². The molecule has 5 rings (SSSR count). The zero-order chi connectivity index (χ0) is 28.2. The summed E-state index contributed by atoms with van der Waals surface area (Å²) in [6.07, 6.45) is 8.62. The lowest BCUT2D eigenvalue weighted by Gasteiger charge is -2.21. The van der Waals surface area contributed by atoms with E-state index in [-0.39, 0.29) is 5.78 Å². The van der Waals surface area contributed by atoms with Gasteiger partial charge in [0, 0.05) is 46.1 Å². The van der Waals surface area contributed by atoms with E-state index in [1.807, 2.05) is 42.6 Å². The first kappa shape index (κ1) is 27.1. The summed E-state index contributed by atoms with van der Waals surface area (Å²) in [7, 11) is 7.10. The molecule has 2 aromatic carbocycles. The summed E-state index contributed by atoms with van der Waals surface area (Å²) in [6, 6.07) is 15.8. The van der Waals surface area contributed by atoms with E-state index in [1.54, 1.807) is 19.4 Å². The molecule has 1 aliphatic carbocycles. The Morgan fingerprint density at radius 2 is 1.88 bits per heavy atom. The van der Waals surface area contributed by atoms with Crippen LogP contribution in [0.3, 0.4) is 0 Å². The second-order valence-corrected chi connectivity index (χ2v) is 10.2. The number of H-pyrrole nitrogens is 1. The Hall–Kier alpha value is -4.43. The first-order chi connectivity index (χ1) is 19.4. The summed E-state index contributed by atoms with van der Waals surface area (Å²) < 4.78 is 10.4. The molecule has 0 spiro atoms. The number of allylic oxidation sites excluding steroid dienone is 1. The number of anilines is 1. The van der Waals surface area contributed by atoms with Crippen LogP contribution in [0.5, 0.6) is 5.75 Å². The van der Waals surface area contributed by atoms with Crippen LogP contribution in [0.1, 0.15) is 36.0 Å². The average molecular weight is 539 g/mol. The van der Waals surface area contributed by atoms with E-state index in [9.17, 15) is 9.59 Å². The third-order valence-electron chi connectivity index (χ3n) is 7.59. The monoisotopic (exact) mass is 538 g/mol. The van der Waals surface area contributed by atoms with E-state index in [0.717, 1.165) is 63.9 Å². The summed E-state index contributed by atoms with van der Waals surface area (Å²) in [4.78, 5) is 36.1. The summed E-state index contributed by atoms with van der Waals surface area (Å²) in [5.74, 6) is 0.686. The number of ketones is 1. The molecule has 2 aromatic heterocycles. The summed E-state index contributed by atoms with van der Waals surface area (Å²) in [6.45, 7) is 0. The van der Waals surface area contributed by atoms with Gasteiger partial charge in [0.25, 0.3) is 0 Å². The molecule has 40 heavy (non-hydrogen) atoms. The van der Waals surface area contributed by atoms with Crippen LogP contribution in [-0.2, 0) is 4.74 Å². The smallest absolute Gasteiger partial charge is 0.411 e. The van der Waals surface area contributed by atoms with E-state index in [0.29, 0.717) is 23.7 Å². The molecule has 0 aliphatic heterocycles. The third-order valence-corrected chi connectivity index (χ3v) is 7.59. The molecular formula is C32H34N4O4. The Bertz CT molecular complexity index is 1590. The number of methoxy groups -OCH3 is 2. The Morgan fingerprint density at radius 3 is 2.65 bits per heavy atom. The van der Waals surface area contributed by atoms with Crippen molar-refractivity contribution in [3.8, 4) is 28.0 Å². The van der Waals surface area contributed by atoms with Crippen molar-refractivity contribution in [3.05, 3.63) is 78.1 Å². The van der Waals surface area contributed by atoms with E-state index in [1.165, 1.54) is 7.11 Å². The molecule has 0 bridgehead atoms. The fraction of sp³-hybridized carbons (Fsp3) is 0.281. The van der Waals surface area contributed by atoms with Crippen molar-refractivity contribution >= 4 is 28.6 Å². The number of carbonyl (C=O) groups excluding carboxylic acids is 2. The maximum Gasteiger partial charge on any atom is 0.411 e. The molecule has 4 aromatic rings. The molecule has 1 aliphatic rings.